The van der Waals surface area contributed by atoms with Crippen molar-refractivity contribution in [3.8, 4) is 0 Å². The summed E-state index contributed by atoms with van der Waals surface area (Å²) in [6.45, 7) is 3.88. The molecule has 0 unspecified atom stereocenters. The molecule has 0 aliphatic rings. The van der Waals surface area contributed by atoms with Crippen molar-refractivity contribution < 1.29 is 9.90 Å². The number of hydrogen-bond donors (Lipinski definition) is 1. The van der Waals surface area contributed by atoms with E-state index in [4.69, 9.17) is 5.11 Å². The predicted octanol–water partition coefficient (Wildman–Crippen LogP) is 1.56. The van der Waals surface area contributed by atoms with E-state index in [0.717, 1.165) is 17.3 Å². The van der Waals surface area contributed by atoms with Crippen LogP contribution in [-0.4, -0.2) is 25.4 Å². The summed E-state index contributed by atoms with van der Waals surface area (Å²) < 4.78 is 1.29. The van der Waals surface area contributed by atoms with Gasteiger partial charge in [-0.3, -0.25) is 14.2 Å². The number of benzene rings is 1. The Hall–Kier alpha value is -2.76. The molecule has 3 rings (SSSR count). The van der Waals surface area contributed by atoms with Crippen LogP contribution in [0, 0.1) is 13.8 Å². The van der Waals surface area contributed by atoms with Crippen molar-refractivity contribution in [2.45, 2.75) is 13.8 Å². The number of aromatic carboxylic acids is 1. The second-order valence-electron chi connectivity index (χ2n) is 4.66. The Morgan fingerprint density at radius 3 is 2.55 bits per heavy atom. The summed E-state index contributed by atoms with van der Waals surface area (Å²) in [6, 6.07) is 3.68. The molecule has 100 valence electrons. The molecule has 6 nitrogen and oxygen atoms in total. The Morgan fingerprint density at radius 2 is 1.85 bits per heavy atom. The summed E-state index contributed by atoms with van der Waals surface area (Å²) in [5, 5.41) is 9.03. The van der Waals surface area contributed by atoms with Crippen LogP contribution in [0.1, 0.15) is 21.5 Å². The van der Waals surface area contributed by atoms with Gasteiger partial charge in [0.1, 0.15) is 5.56 Å². The van der Waals surface area contributed by atoms with Crippen LogP contribution < -0.4 is 5.56 Å². The third-order valence-corrected chi connectivity index (χ3v) is 3.37. The molecule has 3 aromatic rings. The van der Waals surface area contributed by atoms with Gasteiger partial charge in [0.25, 0.3) is 5.56 Å². The maximum absolute atomic E-state index is 12.3. The maximum atomic E-state index is 12.3. The third-order valence-electron chi connectivity index (χ3n) is 3.37. The topological polar surface area (TPSA) is 84.6 Å². The molecule has 2 heterocycles. The lowest BCUT2D eigenvalue weighted by atomic mass is 10.1. The van der Waals surface area contributed by atoms with Gasteiger partial charge in [0.2, 0.25) is 0 Å². The largest absolute Gasteiger partial charge is 0.477 e. The van der Waals surface area contributed by atoms with Gasteiger partial charge in [-0.25, -0.2) is 9.78 Å². The number of nitrogens with zero attached hydrogens (tertiary/aromatic N) is 3. The molecule has 0 saturated heterocycles. The van der Waals surface area contributed by atoms with Crippen LogP contribution in [0.2, 0.25) is 0 Å². The number of fused-ring (bicyclic) bond motifs is 3. The fourth-order valence-corrected chi connectivity index (χ4v) is 2.13. The summed E-state index contributed by atoms with van der Waals surface area (Å²) in [4.78, 5) is 31.6. The quantitative estimate of drug-likeness (QED) is 0.678. The minimum atomic E-state index is -1.29. The van der Waals surface area contributed by atoms with Crippen LogP contribution in [-0.2, 0) is 0 Å². The molecule has 0 radical (unpaired) electrons. The minimum Gasteiger partial charge on any atom is -0.477 e. The van der Waals surface area contributed by atoms with Crippen LogP contribution in [0.25, 0.3) is 16.7 Å². The molecule has 1 N–H and O–H groups in total. The molecule has 6 heteroatoms. The number of carboxylic acids is 1. The average Bonchev–Trinajstić information content (AvgIpc) is 2.40. The number of hydrogen-bond acceptors (Lipinski definition) is 4. The SMILES string of the molecule is Cc1cc2ncc3ncc(C(=O)O)c(=O)n3c2cc1C. The van der Waals surface area contributed by atoms with Gasteiger partial charge in [-0.15, -0.1) is 0 Å². The molecule has 0 spiro atoms. The lowest BCUT2D eigenvalue weighted by molar-refractivity contribution is 0.0694. The first kappa shape index (κ1) is 12.3. The van der Waals surface area contributed by atoms with Crippen molar-refractivity contribution in [1.82, 2.24) is 14.4 Å². The summed E-state index contributed by atoms with van der Waals surface area (Å²) in [7, 11) is 0. The first-order valence-corrected chi connectivity index (χ1v) is 6.00. The standard InChI is InChI=1S/C14H11N3O3/c1-7-3-10-11(4-8(7)2)17-12(6-15-10)16-5-9(13(17)18)14(19)20/h3-6H,1-2H3,(H,19,20). The molecular formula is C14H11N3O3. The van der Waals surface area contributed by atoms with E-state index in [1.54, 1.807) is 0 Å². The zero-order valence-electron chi connectivity index (χ0n) is 10.9. The molecule has 20 heavy (non-hydrogen) atoms. The smallest absolute Gasteiger partial charge is 0.342 e. The Morgan fingerprint density at radius 1 is 1.15 bits per heavy atom. The van der Waals surface area contributed by atoms with Crippen molar-refractivity contribution in [3.05, 3.63) is 51.6 Å². The molecule has 2 aromatic heterocycles. The second-order valence-corrected chi connectivity index (χ2v) is 4.66. The lowest BCUT2D eigenvalue weighted by Gasteiger charge is -2.08. The summed E-state index contributed by atoms with van der Waals surface area (Å²) in [5.41, 5.74) is 2.62. The minimum absolute atomic E-state index is 0.329. The monoisotopic (exact) mass is 269 g/mol. The summed E-state index contributed by atoms with van der Waals surface area (Å²) >= 11 is 0. The predicted molar refractivity (Wildman–Crippen MR) is 73.2 cm³/mol. The number of carbonyl (C=O) groups is 1. The van der Waals surface area contributed by atoms with E-state index < -0.39 is 11.5 Å². The van der Waals surface area contributed by atoms with Gasteiger partial charge >= 0.3 is 5.97 Å². The highest BCUT2D eigenvalue weighted by atomic mass is 16.4. The Bertz CT molecular complexity index is 928. The van der Waals surface area contributed by atoms with Crippen molar-refractivity contribution >= 4 is 22.6 Å². The number of rotatable bonds is 1. The van der Waals surface area contributed by atoms with E-state index >= 15 is 0 Å². The van der Waals surface area contributed by atoms with E-state index in [0.29, 0.717) is 16.7 Å². The summed E-state index contributed by atoms with van der Waals surface area (Å²) in [6.07, 6.45) is 2.53. The van der Waals surface area contributed by atoms with E-state index in [9.17, 15) is 9.59 Å². The molecular weight excluding hydrogens is 258 g/mol. The fourth-order valence-electron chi connectivity index (χ4n) is 2.13. The van der Waals surface area contributed by atoms with Gasteiger partial charge in [0.05, 0.1) is 17.2 Å². The molecule has 0 fully saturated rings. The Kier molecular flexibility index (Phi) is 2.53. The first-order chi connectivity index (χ1) is 9.49. The highest BCUT2D eigenvalue weighted by Gasteiger charge is 2.14. The van der Waals surface area contributed by atoms with Crippen molar-refractivity contribution in [2.75, 3.05) is 0 Å². The molecule has 1 aromatic carbocycles. The lowest BCUT2D eigenvalue weighted by Crippen LogP contribution is -2.23. The van der Waals surface area contributed by atoms with Crippen LogP contribution in [0.3, 0.4) is 0 Å². The molecule has 0 amide bonds. The van der Waals surface area contributed by atoms with Gasteiger partial charge in [-0.05, 0) is 37.1 Å². The number of aryl methyl sites for hydroxylation is 2. The number of carboxylic acid groups (broad SMARTS) is 1. The molecule has 0 aliphatic heterocycles. The highest BCUT2D eigenvalue weighted by Crippen LogP contribution is 2.17. The van der Waals surface area contributed by atoms with Crippen molar-refractivity contribution in [3.63, 3.8) is 0 Å². The van der Waals surface area contributed by atoms with E-state index in [2.05, 4.69) is 9.97 Å². The Balaban J connectivity index is 2.58. The van der Waals surface area contributed by atoms with Crippen LogP contribution >= 0.6 is 0 Å². The average molecular weight is 269 g/mol. The highest BCUT2D eigenvalue weighted by molar-refractivity contribution is 5.88. The van der Waals surface area contributed by atoms with Crippen molar-refractivity contribution in [1.29, 1.82) is 0 Å². The van der Waals surface area contributed by atoms with Gasteiger partial charge in [0.15, 0.2) is 5.65 Å². The van der Waals surface area contributed by atoms with Gasteiger partial charge in [0, 0.05) is 6.20 Å². The Labute approximate surface area is 113 Å². The van der Waals surface area contributed by atoms with Gasteiger partial charge < -0.3 is 5.11 Å². The summed E-state index contributed by atoms with van der Waals surface area (Å²) in [5.74, 6) is -1.29. The number of aromatic nitrogens is 3. The fraction of sp³-hybridized carbons (Fsp3) is 0.143. The first-order valence-electron chi connectivity index (χ1n) is 6.00. The second kappa shape index (κ2) is 4.12. The van der Waals surface area contributed by atoms with Crippen LogP contribution in [0.4, 0.5) is 0 Å². The van der Waals surface area contributed by atoms with E-state index in [1.807, 2.05) is 26.0 Å². The van der Waals surface area contributed by atoms with Gasteiger partial charge in [-0.2, -0.15) is 0 Å². The zero-order chi connectivity index (χ0) is 14.4. The van der Waals surface area contributed by atoms with Crippen LogP contribution in [0.5, 0.6) is 0 Å². The molecule has 0 saturated carbocycles. The normalized spacial score (nSPS) is 11.1. The molecule has 0 aliphatic carbocycles. The van der Waals surface area contributed by atoms with Crippen molar-refractivity contribution in [2.24, 2.45) is 0 Å². The van der Waals surface area contributed by atoms with E-state index in [1.165, 1.54) is 10.6 Å². The third kappa shape index (κ3) is 1.65. The maximum Gasteiger partial charge on any atom is 0.342 e. The van der Waals surface area contributed by atoms with Gasteiger partial charge in [-0.1, -0.05) is 0 Å². The molecule has 0 bridgehead atoms. The molecule has 0 atom stereocenters. The van der Waals surface area contributed by atoms with E-state index in [-0.39, 0.29) is 5.56 Å². The zero-order valence-corrected chi connectivity index (χ0v) is 10.9. The van der Waals surface area contributed by atoms with Crippen LogP contribution in [0.15, 0.2) is 29.3 Å².